The number of anilines is 1. The Labute approximate surface area is 129 Å². The summed E-state index contributed by atoms with van der Waals surface area (Å²) >= 11 is 6.04. The van der Waals surface area contributed by atoms with Crippen LogP contribution in [0, 0.1) is 6.92 Å². The molecule has 0 saturated carbocycles. The Morgan fingerprint density at radius 3 is 2.57 bits per heavy atom. The van der Waals surface area contributed by atoms with Crippen LogP contribution in [0.1, 0.15) is 31.9 Å². The molecule has 0 aliphatic heterocycles. The van der Waals surface area contributed by atoms with Gasteiger partial charge in [0.05, 0.1) is 6.20 Å². The molecule has 5 nitrogen and oxygen atoms in total. The lowest BCUT2D eigenvalue weighted by molar-refractivity contribution is 0.458. The molecule has 21 heavy (non-hydrogen) atoms. The molecule has 0 unspecified atom stereocenters. The van der Waals surface area contributed by atoms with Gasteiger partial charge in [-0.15, -0.1) is 0 Å². The molecule has 0 atom stereocenters. The molecule has 0 saturated heterocycles. The molecular formula is C15H19ClN4O. The van der Waals surface area contributed by atoms with Crippen LogP contribution in [0.3, 0.4) is 0 Å². The van der Waals surface area contributed by atoms with Gasteiger partial charge in [-0.2, -0.15) is 4.98 Å². The third-order valence-electron chi connectivity index (χ3n) is 3.09. The summed E-state index contributed by atoms with van der Waals surface area (Å²) in [6.07, 6.45) is 1.44. The Bertz CT molecular complexity index is 653. The highest BCUT2D eigenvalue weighted by Crippen LogP contribution is 2.32. The number of rotatable bonds is 3. The van der Waals surface area contributed by atoms with E-state index in [1.165, 1.54) is 11.8 Å². The molecule has 0 radical (unpaired) electrons. The van der Waals surface area contributed by atoms with Crippen molar-refractivity contribution in [1.82, 2.24) is 9.97 Å². The summed E-state index contributed by atoms with van der Waals surface area (Å²) in [5.74, 6) is 6.50. The molecule has 1 aromatic carbocycles. The molecule has 3 N–H and O–H groups in total. The van der Waals surface area contributed by atoms with Crippen molar-refractivity contribution in [3.8, 4) is 11.6 Å². The largest absolute Gasteiger partial charge is 0.437 e. The van der Waals surface area contributed by atoms with E-state index in [0.29, 0.717) is 10.8 Å². The van der Waals surface area contributed by atoms with Crippen LogP contribution in [-0.4, -0.2) is 9.97 Å². The minimum Gasteiger partial charge on any atom is -0.437 e. The maximum absolute atomic E-state index is 6.04. The lowest BCUT2D eigenvalue weighted by Crippen LogP contribution is -2.11. The predicted octanol–water partition coefficient (Wildman–Crippen LogP) is 3.81. The fourth-order valence-corrected chi connectivity index (χ4v) is 1.96. The molecule has 1 heterocycles. The number of nitrogens with two attached hydrogens (primary N) is 1. The molecule has 0 bridgehead atoms. The fraction of sp³-hybridized carbons (Fsp3) is 0.333. The van der Waals surface area contributed by atoms with E-state index < -0.39 is 0 Å². The molecule has 0 aliphatic rings. The van der Waals surface area contributed by atoms with Crippen molar-refractivity contribution in [3.05, 3.63) is 40.5 Å². The SMILES string of the molecule is Cc1cc(C(C)(C)C)ccc1Oc1nc(NN)ncc1Cl. The third kappa shape index (κ3) is 3.62. The quantitative estimate of drug-likeness (QED) is 0.666. The first-order valence-corrected chi connectivity index (χ1v) is 6.97. The fourth-order valence-electron chi connectivity index (χ4n) is 1.83. The van der Waals surface area contributed by atoms with Crippen LogP contribution < -0.4 is 16.0 Å². The van der Waals surface area contributed by atoms with Gasteiger partial charge in [-0.1, -0.05) is 44.5 Å². The summed E-state index contributed by atoms with van der Waals surface area (Å²) in [6.45, 7) is 8.50. The molecule has 2 rings (SSSR count). The number of aromatic nitrogens is 2. The second kappa shape index (κ2) is 5.87. The first-order valence-electron chi connectivity index (χ1n) is 6.59. The van der Waals surface area contributed by atoms with Crippen LogP contribution in [0.2, 0.25) is 5.02 Å². The van der Waals surface area contributed by atoms with Gasteiger partial charge in [-0.05, 0) is 29.5 Å². The van der Waals surface area contributed by atoms with E-state index in [9.17, 15) is 0 Å². The zero-order valence-electron chi connectivity index (χ0n) is 12.6. The van der Waals surface area contributed by atoms with E-state index in [0.717, 1.165) is 5.56 Å². The van der Waals surface area contributed by atoms with E-state index in [-0.39, 0.29) is 17.2 Å². The Kier molecular flexibility index (Phi) is 4.34. The molecule has 0 spiro atoms. The average molecular weight is 307 g/mol. The molecule has 1 aromatic heterocycles. The molecular weight excluding hydrogens is 288 g/mol. The first kappa shape index (κ1) is 15.5. The van der Waals surface area contributed by atoms with Crippen molar-refractivity contribution in [2.24, 2.45) is 5.84 Å². The second-order valence-electron chi connectivity index (χ2n) is 5.82. The van der Waals surface area contributed by atoms with Crippen LogP contribution in [0.25, 0.3) is 0 Å². The predicted molar refractivity (Wildman–Crippen MR) is 84.8 cm³/mol. The second-order valence-corrected chi connectivity index (χ2v) is 6.23. The number of hydrogen-bond donors (Lipinski definition) is 2. The summed E-state index contributed by atoms with van der Waals surface area (Å²) < 4.78 is 5.77. The zero-order chi connectivity index (χ0) is 15.6. The molecule has 0 fully saturated rings. The van der Waals surface area contributed by atoms with Gasteiger partial charge in [-0.3, -0.25) is 5.43 Å². The number of hydrazine groups is 1. The minimum atomic E-state index is 0.0898. The lowest BCUT2D eigenvalue weighted by atomic mass is 9.86. The third-order valence-corrected chi connectivity index (χ3v) is 3.35. The van der Waals surface area contributed by atoms with Gasteiger partial charge in [0.15, 0.2) is 0 Å². The maximum Gasteiger partial charge on any atom is 0.243 e. The van der Waals surface area contributed by atoms with Gasteiger partial charge in [0.1, 0.15) is 10.8 Å². The Morgan fingerprint density at radius 2 is 2.00 bits per heavy atom. The Balaban J connectivity index is 2.32. The van der Waals surface area contributed by atoms with Gasteiger partial charge in [0.2, 0.25) is 11.8 Å². The molecule has 6 heteroatoms. The topological polar surface area (TPSA) is 73.1 Å². The molecule has 112 valence electrons. The Hall–Kier alpha value is -1.85. The smallest absolute Gasteiger partial charge is 0.243 e. The highest BCUT2D eigenvalue weighted by atomic mass is 35.5. The van der Waals surface area contributed by atoms with Gasteiger partial charge in [0.25, 0.3) is 0 Å². The van der Waals surface area contributed by atoms with Crippen LogP contribution >= 0.6 is 11.6 Å². The number of nitrogens with zero attached hydrogens (tertiary/aromatic N) is 2. The summed E-state index contributed by atoms with van der Waals surface area (Å²) in [7, 11) is 0. The van der Waals surface area contributed by atoms with Crippen molar-refractivity contribution in [2.75, 3.05) is 5.43 Å². The number of nitrogens with one attached hydrogen (secondary N) is 1. The van der Waals surface area contributed by atoms with Crippen LogP contribution in [0.4, 0.5) is 5.95 Å². The van der Waals surface area contributed by atoms with Crippen molar-refractivity contribution in [1.29, 1.82) is 0 Å². The molecule has 2 aromatic rings. The first-order chi connectivity index (χ1) is 9.81. The Morgan fingerprint density at radius 1 is 1.29 bits per heavy atom. The van der Waals surface area contributed by atoms with Crippen molar-refractivity contribution in [3.63, 3.8) is 0 Å². The van der Waals surface area contributed by atoms with Gasteiger partial charge in [-0.25, -0.2) is 10.8 Å². The monoisotopic (exact) mass is 306 g/mol. The number of aryl methyl sites for hydroxylation is 1. The van der Waals surface area contributed by atoms with Gasteiger partial charge >= 0.3 is 0 Å². The summed E-state index contributed by atoms with van der Waals surface area (Å²) in [5, 5.41) is 0.327. The van der Waals surface area contributed by atoms with Crippen LogP contribution in [0.5, 0.6) is 11.6 Å². The summed E-state index contributed by atoms with van der Waals surface area (Å²) in [6, 6.07) is 6.07. The number of nitrogen functional groups attached to an aromatic ring is 1. The van der Waals surface area contributed by atoms with Crippen LogP contribution in [0.15, 0.2) is 24.4 Å². The van der Waals surface area contributed by atoms with Gasteiger partial charge in [0, 0.05) is 0 Å². The van der Waals surface area contributed by atoms with E-state index in [1.807, 2.05) is 19.1 Å². The van der Waals surface area contributed by atoms with Crippen molar-refractivity contribution in [2.45, 2.75) is 33.1 Å². The van der Waals surface area contributed by atoms with Crippen molar-refractivity contribution >= 4 is 17.5 Å². The molecule has 0 amide bonds. The highest BCUT2D eigenvalue weighted by molar-refractivity contribution is 6.31. The van der Waals surface area contributed by atoms with E-state index in [2.05, 4.69) is 42.2 Å². The number of ether oxygens (including phenoxy) is 1. The average Bonchev–Trinajstić information content (AvgIpc) is 2.42. The molecule has 0 aliphatic carbocycles. The number of benzene rings is 1. The summed E-state index contributed by atoms with van der Waals surface area (Å²) in [4.78, 5) is 8.01. The zero-order valence-corrected chi connectivity index (χ0v) is 13.3. The van der Waals surface area contributed by atoms with Gasteiger partial charge < -0.3 is 4.74 Å². The minimum absolute atomic E-state index is 0.0898. The van der Waals surface area contributed by atoms with Crippen molar-refractivity contribution < 1.29 is 4.74 Å². The van der Waals surface area contributed by atoms with Crippen LogP contribution in [-0.2, 0) is 5.41 Å². The maximum atomic E-state index is 6.04. The standard InChI is InChI=1S/C15H19ClN4O/c1-9-7-10(15(2,3)4)5-6-12(9)21-13-11(16)8-18-14(19-13)20-17/h5-8H,17H2,1-4H3,(H,18,19,20). The lowest BCUT2D eigenvalue weighted by Gasteiger charge is -2.20. The summed E-state index contributed by atoms with van der Waals surface area (Å²) in [5.41, 5.74) is 4.71. The van der Waals surface area contributed by atoms with E-state index >= 15 is 0 Å². The normalized spacial score (nSPS) is 11.3. The number of halogens is 1. The van der Waals surface area contributed by atoms with E-state index in [4.69, 9.17) is 22.2 Å². The van der Waals surface area contributed by atoms with E-state index in [1.54, 1.807) is 0 Å². The number of hydrogen-bond acceptors (Lipinski definition) is 5. The highest BCUT2D eigenvalue weighted by Gasteiger charge is 2.16.